The minimum Gasteiger partial charge on any atom is -0.299 e. The Hall–Kier alpha value is -0.330. The maximum Gasteiger partial charge on any atom is 0.138 e. The van der Waals surface area contributed by atoms with Gasteiger partial charge in [0.05, 0.1) is 0 Å². The predicted octanol–water partition coefficient (Wildman–Crippen LogP) is 3.82. The third kappa shape index (κ3) is 1.86. The van der Waals surface area contributed by atoms with Gasteiger partial charge in [-0.25, -0.2) is 0 Å². The van der Waals surface area contributed by atoms with Crippen molar-refractivity contribution in [2.75, 3.05) is 0 Å². The molecule has 0 aromatic heterocycles. The first-order chi connectivity index (χ1) is 6.83. The molecular formula is C14H24O. The van der Waals surface area contributed by atoms with E-state index in [1.165, 1.54) is 19.3 Å². The Bertz CT molecular complexity index is 275. The normalized spacial score (nSPS) is 38.5. The van der Waals surface area contributed by atoms with Crippen LogP contribution >= 0.6 is 0 Å². The Morgan fingerprint density at radius 2 is 1.87 bits per heavy atom. The molecule has 2 aliphatic rings. The molecular weight excluding hydrogens is 184 g/mol. The zero-order chi connectivity index (χ0) is 11.3. The summed E-state index contributed by atoms with van der Waals surface area (Å²) < 4.78 is 0. The monoisotopic (exact) mass is 208 g/mol. The van der Waals surface area contributed by atoms with Crippen LogP contribution in [0.1, 0.15) is 59.8 Å². The van der Waals surface area contributed by atoms with E-state index in [0.717, 1.165) is 18.8 Å². The van der Waals surface area contributed by atoms with Crippen LogP contribution in [-0.2, 0) is 4.79 Å². The Morgan fingerprint density at radius 3 is 2.53 bits per heavy atom. The minimum atomic E-state index is -0.0597. The largest absolute Gasteiger partial charge is 0.299 e. The fraction of sp³-hybridized carbons (Fsp3) is 0.929. The van der Waals surface area contributed by atoms with Crippen molar-refractivity contribution in [2.24, 2.45) is 22.7 Å². The highest BCUT2D eigenvalue weighted by Gasteiger charge is 2.48. The van der Waals surface area contributed by atoms with Crippen LogP contribution in [0.25, 0.3) is 0 Å². The second-order valence-electron chi connectivity index (χ2n) is 6.96. The molecule has 0 N–H and O–H groups in total. The molecule has 2 fully saturated rings. The van der Waals surface area contributed by atoms with Crippen molar-refractivity contribution in [3.63, 3.8) is 0 Å². The van der Waals surface area contributed by atoms with E-state index in [1.807, 2.05) is 0 Å². The lowest BCUT2D eigenvalue weighted by atomic mass is 9.54. The number of rotatable bonds is 0. The van der Waals surface area contributed by atoms with Crippen molar-refractivity contribution in [2.45, 2.75) is 59.8 Å². The van der Waals surface area contributed by atoms with Gasteiger partial charge in [0.2, 0.25) is 0 Å². The van der Waals surface area contributed by atoms with E-state index in [9.17, 15) is 4.79 Å². The van der Waals surface area contributed by atoms with Crippen LogP contribution in [0.2, 0.25) is 0 Å². The first kappa shape index (κ1) is 11.2. The van der Waals surface area contributed by atoms with Crippen molar-refractivity contribution >= 4 is 5.78 Å². The molecule has 0 spiro atoms. The molecule has 86 valence electrons. The summed E-state index contributed by atoms with van der Waals surface area (Å²) in [6.07, 6.45) is 5.92. The third-order valence-electron chi connectivity index (χ3n) is 4.90. The number of Topliss-reactive ketones (excluding diaryl/α,β-unsaturated/α-hetero) is 1. The van der Waals surface area contributed by atoms with Crippen LogP contribution in [0.15, 0.2) is 0 Å². The van der Waals surface area contributed by atoms with E-state index >= 15 is 0 Å². The number of carbonyl (C=O) groups excluding carboxylic acids is 1. The van der Waals surface area contributed by atoms with Crippen LogP contribution in [0.5, 0.6) is 0 Å². The van der Waals surface area contributed by atoms with E-state index < -0.39 is 0 Å². The summed E-state index contributed by atoms with van der Waals surface area (Å²) in [6, 6.07) is 0. The summed E-state index contributed by atoms with van der Waals surface area (Å²) >= 11 is 0. The number of hydrogen-bond donors (Lipinski definition) is 0. The molecule has 0 aliphatic heterocycles. The first-order valence-electron chi connectivity index (χ1n) is 6.36. The maximum atomic E-state index is 12.0. The van der Waals surface area contributed by atoms with Crippen molar-refractivity contribution in [1.82, 2.24) is 0 Å². The highest BCUT2D eigenvalue weighted by molar-refractivity contribution is 5.85. The molecule has 0 saturated heterocycles. The van der Waals surface area contributed by atoms with E-state index in [1.54, 1.807) is 0 Å². The lowest BCUT2D eigenvalue weighted by Gasteiger charge is -2.50. The van der Waals surface area contributed by atoms with Crippen LogP contribution in [0.3, 0.4) is 0 Å². The van der Waals surface area contributed by atoms with Crippen molar-refractivity contribution in [3.8, 4) is 0 Å². The first-order valence-corrected chi connectivity index (χ1v) is 6.36. The molecule has 0 radical (unpaired) electrons. The van der Waals surface area contributed by atoms with Gasteiger partial charge in [-0.3, -0.25) is 4.79 Å². The standard InChI is InChI=1S/C14H24O/c1-13(2)7-5-6-10-8-12(15)14(3,4)9-11(10)13/h10-11H,5-9H2,1-4H3/t10-,11+/m0/s1. The molecule has 0 bridgehead atoms. The predicted molar refractivity (Wildman–Crippen MR) is 62.6 cm³/mol. The van der Waals surface area contributed by atoms with Gasteiger partial charge >= 0.3 is 0 Å². The van der Waals surface area contributed by atoms with Crippen LogP contribution in [0.4, 0.5) is 0 Å². The Morgan fingerprint density at radius 1 is 1.20 bits per heavy atom. The topological polar surface area (TPSA) is 17.1 Å². The summed E-state index contributed by atoms with van der Waals surface area (Å²) in [5, 5.41) is 0. The lowest BCUT2D eigenvalue weighted by molar-refractivity contribution is -0.137. The summed E-state index contributed by atoms with van der Waals surface area (Å²) in [4.78, 5) is 12.0. The molecule has 0 amide bonds. The number of ketones is 1. The molecule has 2 rings (SSSR count). The van der Waals surface area contributed by atoms with Gasteiger partial charge in [0, 0.05) is 11.8 Å². The minimum absolute atomic E-state index is 0.0597. The van der Waals surface area contributed by atoms with Gasteiger partial charge < -0.3 is 0 Å². The van der Waals surface area contributed by atoms with Crippen LogP contribution in [-0.4, -0.2) is 5.78 Å². The quantitative estimate of drug-likeness (QED) is 0.591. The number of carbonyl (C=O) groups is 1. The summed E-state index contributed by atoms with van der Waals surface area (Å²) in [5.41, 5.74) is 0.399. The molecule has 2 aliphatic carbocycles. The van der Waals surface area contributed by atoms with Crippen molar-refractivity contribution < 1.29 is 4.79 Å². The molecule has 15 heavy (non-hydrogen) atoms. The van der Waals surface area contributed by atoms with Crippen LogP contribution in [0, 0.1) is 22.7 Å². The average molecular weight is 208 g/mol. The highest BCUT2D eigenvalue weighted by Crippen LogP contribution is 2.53. The second kappa shape index (κ2) is 3.33. The van der Waals surface area contributed by atoms with Gasteiger partial charge in [0.1, 0.15) is 5.78 Å². The molecule has 0 heterocycles. The van der Waals surface area contributed by atoms with Crippen molar-refractivity contribution in [1.29, 1.82) is 0 Å². The van der Waals surface area contributed by atoms with Gasteiger partial charge in [-0.2, -0.15) is 0 Å². The van der Waals surface area contributed by atoms with Gasteiger partial charge in [0.25, 0.3) is 0 Å². The zero-order valence-corrected chi connectivity index (χ0v) is 10.6. The van der Waals surface area contributed by atoms with Gasteiger partial charge in [-0.1, -0.05) is 34.1 Å². The maximum absolute atomic E-state index is 12.0. The number of hydrogen-bond acceptors (Lipinski definition) is 1. The average Bonchev–Trinajstić information content (AvgIpc) is 2.08. The number of fused-ring (bicyclic) bond motifs is 1. The fourth-order valence-electron chi connectivity index (χ4n) is 3.71. The van der Waals surface area contributed by atoms with E-state index in [4.69, 9.17) is 0 Å². The Balaban J connectivity index is 2.23. The summed E-state index contributed by atoms with van der Waals surface area (Å²) in [6.45, 7) is 9.07. The molecule has 1 nitrogen and oxygen atoms in total. The smallest absolute Gasteiger partial charge is 0.138 e. The van der Waals surface area contributed by atoms with E-state index in [2.05, 4.69) is 27.7 Å². The molecule has 0 aromatic carbocycles. The SMILES string of the molecule is CC1(C)C[C@@H]2[C@@H](CCCC2(C)C)CC1=O. The fourth-order valence-corrected chi connectivity index (χ4v) is 3.71. The lowest BCUT2D eigenvalue weighted by Crippen LogP contribution is -2.45. The zero-order valence-electron chi connectivity index (χ0n) is 10.6. The van der Waals surface area contributed by atoms with Gasteiger partial charge in [0.15, 0.2) is 0 Å². The Labute approximate surface area is 93.6 Å². The van der Waals surface area contributed by atoms with Gasteiger partial charge in [-0.15, -0.1) is 0 Å². The molecule has 2 saturated carbocycles. The molecule has 0 aromatic rings. The molecule has 1 heteroatoms. The second-order valence-corrected chi connectivity index (χ2v) is 6.96. The third-order valence-corrected chi connectivity index (χ3v) is 4.90. The van der Waals surface area contributed by atoms with E-state index in [-0.39, 0.29) is 5.41 Å². The molecule has 0 unspecified atom stereocenters. The highest BCUT2D eigenvalue weighted by atomic mass is 16.1. The molecule has 2 atom stereocenters. The van der Waals surface area contributed by atoms with E-state index in [0.29, 0.717) is 17.1 Å². The van der Waals surface area contributed by atoms with Crippen LogP contribution < -0.4 is 0 Å². The summed E-state index contributed by atoms with van der Waals surface area (Å²) in [7, 11) is 0. The van der Waals surface area contributed by atoms with Gasteiger partial charge in [-0.05, 0) is 36.5 Å². The van der Waals surface area contributed by atoms with Crippen molar-refractivity contribution in [3.05, 3.63) is 0 Å². The summed E-state index contributed by atoms with van der Waals surface area (Å²) in [5.74, 6) is 1.97. The Kier molecular flexibility index (Phi) is 2.48.